The number of carbonyl (C=O) groups is 3. The van der Waals surface area contributed by atoms with Gasteiger partial charge >= 0.3 is 0 Å². The van der Waals surface area contributed by atoms with Crippen LogP contribution in [0.1, 0.15) is 42.1 Å². The molecule has 2 bridgehead atoms. The third kappa shape index (κ3) is 6.56. The fourth-order valence-electron chi connectivity index (χ4n) is 5.68. The number of ether oxygens (including phenoxy) is 2. The van der Waals surface area contributed by atoms with E-state index in [1.54, 1.807) is 29.2 Å². The van der Waals surface area contributed by atoms with E-state index in [1.165, 1.54) is 19.1 Å². The maximum atomic E-state index is 14.1. The van der Waals surface area contributed by atoms with Crippen LogP contribution in [-0.4, -0.2) is 84.6 Å². The maximum Gasteiger partial charge on any atom is 0.258 e. The Bertz CT molecular complexity index is 1260. The molecule has 3 aliphatic rings. The van der Waals surface area contributed by atoms with E-state index < -0.39 is 18.0 Å². The number of carbonyl (C=O) groups excluding carboxylic acids is 3. The van der Waals surface area contributed by atoms with Gasteiger partial charge in [-0.05, 0) is 42.7 Å². The van der Waals surface area contributed by atoms with Crippen molar-refractivity contribution < 1.29 is 28.2 Å². The summed E-state index contributed by atoms with van der Waals surface area (Å²) >= 11 is 5.85. The number of para-hydroxylation sites is 1. The number of amides is 3. The Hall–Kier alpha value is -3.21. The van der Waals surface area contributed by atoms with E-state index >= 15 is 0 Å². The summed E-state index contributed by atoms with van der Waals surface area (Å²) in [4.78, 5) is 42.9. The van der Waals surface area contributed by atoms with Gasteiger partial charge in [0.05, 0.1) is 35.4 Å². The number of nitrogens with one attached hydrogen (secondary N) is 2. The summed E-state index contributed by atoms with van der Waals surface area (Å²) < 4.78 is 26.4. The Morgan fingerprint density at radius 2 is 1.98 bits per heavy atom. The third-order valence-corrected chi connectivity index (χ3v) is 8.02. The first-order chi connectivity index (χ1) is 19.3. The first-order valence-electron chi connectivity index (χ1n) is 13.7. The van der Waals surface area contributed by atoms with E-state index in [-0.39, 0.29) is 48.0 Å². The predicted octanol–water partition coefficient (Wildman–Crippen LogP) is 2.76. The summed E-state index contributed by atoms with van der Waals surface area (Å²) in [5, 5.41) is 5.99. The van der Waals surface area contributed by atoms with Gasteiger partial charge in [0, 0.05) is 46.1 Å². The molecular formula is C29H34ClFN4O5. The number of hydrogen-bond acceptors (Lipinski definition) is 6. The Kier molecular flexibility index (Phi) is 8.87. The van der Waals surface area contributed by atoms with Crippen LogP contribution < -0.4 is 15.4 Å². The molecule has 11 heteroatoms. The number of fused-ring (bicyclic) bond motifs is 4. The van der Waals surface area contributed by atoms with Crippen LogP contribution >= 0.6 is 11.6 Å². The average molecular weight is 573 g/mol. The normalized spacial score (nSPS) is 26.0. The summed E-state index contributed by atoms with van der Waals surface area (Å²) in [5.41, 5.74) is 1.13. The number of piperazine rings is 1. The van der Waals surface area contributed by atoms with Gasteiger partial charge in [0.15, 0.2) is 0 Å². The highest BCUT2D eigenvalue weighted by Crippen LogP contribution is 2.27. The van der Waals surface area contributed by atoms with Gasteiger partial charge in [0.1, 0.15) is 17.6 Å². The Labute approximate surface area is 237 Å². The molecule has 2 fully saturated rings. The monoisotopic (exact) mass is 572 g/mol. The molecule has 40 heavy (non-hydrogen) atoms. The number of nitrogens with zero attached hydrogens (tertiary/aromatic N) is 2. The predicted molar refractivity (Wildman–Crippen MR) is 147 cm³/mol. The second kappa shape index (κ2) is 12.5. The van der Waals surface area contributed by atoms with E-state index in [4.69, 9.17) is 21.1 Å². The first kappa shape index (κ1) is 28.3. The molecule has 0 unspecified atom stereocenters. The quantitative estimate of drug-likeness (QED) is 0.587. The largest absolute Gasteiger partial charge is 0.493 e. The van der Waals surface area contributed by atoms with Crippen LogP contribution in [0.2, 0.25) is 5.02 Å². The van der Waals surface area contributed by atoms with E-state index in [0.29, 0.717) is 44.0 Å². The van der Waals surface area contributed by atoms with Crippen molar-refractivity contribution in [1.29, 1.82) is 0 Å². The van der Waals surface area contributed by atoms with Crippen molar-refractivity contribution in [3.63, 3.8) is 0 Å². The standard InChI is InChI=1S/C29H34ClFN4O5/c1-18(36)33-24-9-7-20-10-13-39-26-5-3-2-4-21(26)29(38)35-12-11-34(16-19-6-8-22(30)23(31)14-19)17-25(35)28(37)32-15-27(24)40-20/h2-6,8,14,20,24-25,27H,7,9-13,15-17H2,1H3,(H,32,37)(H,33,36)/t20-,24+,25-,27+/m0/s1. The van der Waals surface area contributed by atoms with Gasteiger partial charge in [-0.25, -0.2) is 4.39 Å². The zero-order valence-corrected chi connectivity index (χ0v) is 23.2. The smallest absolute Gasteiger partial charge is 0.258 e. The van der Waals surface area contributed by atoms with Crippen molar-refractivity contribution in [3.8, 4) is 5.75 Å². The van der Waals surface area contributed by atoms with Gasteiger partial charge in [-0.3, -0.25) is 19.3 Å². The average Bonchev–Trinajstić information content (AvgIpc) is 2.94. The lowest BCUT2D eigenvalue weighted by Gasteiger charge is -2.42. The van der Waals surface area contributed by atoms with Crippen LogP contribution in [0.5, 0.6) is 5.75 Å². The topological polar surface area (TPSA) is 100 Å². The van der Waals surface area contributed by atoms with Gasteiger partial charge in [-0.2, -0.15) is 0 Å². The van der Waals surface area contributed by atoms with Crippen LogP contribution in [0.15, 0.2) is 42.5 Å². The molecule has 0 radical (unpaired) electrons. The highest BCUT2D eigenvalue weighted by molar-refractivity contribution is 6.30. The number of benzene rings is 2. The number of rotatable bonds is 3. The first-order valence-corrected chi connectivity index (χ1v) is 14.1. The van der Waals surface area contributed by atoms with Crippen molar-refractivity contribution >= 4 is 29.3 Å². The molecule has 4 atom stereocenters. The molecule has 2 saturated heterocycles. The molecule has 2 N–H and O–H groups in total. The summed E-state index contributed by atoms with van der Waals surface area (Å²) in [5.74, 6) is -0.789. The molecule has 2 aromatic rings. The molecule has 0 aromatic heterocycles. The van der Waals surface area contributed by atoms with E-state index in [0.717, 1.165) is 18.4 Å². The zero-order chi connectivity index (χ0) is 28.2. The van der Waals surface area contributed by atoms with Gasteiger partial charge in [0.25, 0.3) is 5.91 Å². The summed E-state index contributed by atoms with van der Waals surface area (Å²) in [6, 6.07) is 10.7. The molecule has 3 heterocycles. The van der Waals surface area contributed by atoms with E-state index in [2.05, 4.69) is 10.6 Å². The summed E-state index contributed by atoms with van der Waals surface area (Å²) in [6.45, 7) is 3.49. The zero-order valence-electron chi connectivity index (χ0n) is 22.4. The minimum atomic E-state index is -0.798. The van der Waals surface area contributed by atoms with Crippen LogP contribution in [0.4, 0.5) is 4.39 Å². The van der Waals surface area contributed by atoms with Crippen LogP contribution in [-0.2, 0) is 20.9 Å². The highest BCUT2D eigenvalue weighted by atomic mass is 35.5. The van der Waals surface area contributed by atoms with Crippen LogP contribution in [0, 0.1) is 5.82 Å². The minimum absolute atomic E-state index is 0.0511. The van der Waals surface area contributed by atoms with Crippen molar-refractivity contribution in [2.75, 3.05) is 32.8 Å². The second-order valence-corrected chi connectivity index (χ2v) is 11.0. The summed E-state index contributed by atoms with van der Waals surface area (Å²) in [7, 11) is 0. The van der Waals surface area contributed by atoms with Crippen molar-refractivity contribution in [1.82, 2.24) is 20.4 Å². The molecule has 2 aromatic carbocycles. The van der Waals surface area contributed by atoms with E-state index in [9.17, 15) is 18.8 Å². The fourth-order valence-corrected chi connectivity index (χ4v) is 5.80. The molecule has 5 rings (SSSR count). The molecule has 3 aliphatic heterocycles. The molecule has 9 nitrogen and oxygen atoms in total. The van der Waals surface area contributed by atoms with Gasteiger partial charge in [-0.1, -0.05) is 29.8 Å². The van der Waals surface area contributed by atoms with Gasteiger partial charge < -0.3 is 25.0 Å². The molecule has 0 saturated carbocycles. The molecule has 0 aliphatic carbocycles. The number of hydrogen-bond donors (Lipinski definition) is 2. The lowest BCUT2D eigenvalue weighted by molar-refractivity contribution is -0.131. The summed E-state index contributed by atoms with van der Waals surface area (Å²) in [6.07, 6.45) is 1.57. The minimum Gasteiger partial charge on any atom is -0.493 e. The second-order valence-electron chi connectivity index (χ2n) is 10.6. The lowest BCUT2D eigenvalue weighted by Crippen LogP contribution is -2.61. The SMILES string of the molecule is CC(=O)N[C@@H]1CC[C@H]2CCOc3ccccc3C(=O)N3CCN(Cc4ccc(Cl)c(F)c4)C[C@H]3C(=O)NC[C@H]1O2. The molecular weight excluding hydrogens is 539 g/mol. The Morgan fingerprint density at radius 1 is 1.15 bits per heavy atom. The van der Waals surface area contributed by atoms with E-state index in [1.807, 2.05) is 11.0 Å². The maximum absolute atomic E-state index is 14.1. The highest BCUT2D eigenvalue weighted by Gasteiger charge is 2.38. The van der Waals surface area contributed by atoms with Crippen LogP contribution in [0.25, 0.3) is 0 Å². The van der Waals surface area contributed by atoms with Crippen molar-refractivity contribution in [2.24, 2.45) is 0 Å². The van der Waals surface area contributed by atoms with Crippen molar-refractivity contribution in [2.45, 2.75) is 57.0 Å². The molecule has 0 spiro atoms. The lowest BCUT2D eigenvalue weighted by atomic mass is 9.96. The number of halogens is 2. The third-order valence-electron chi connectivity index (χ3n) is 7.71. The fraction of sp³-hybridized carbons (Fsp3) is 0.483. The van der Waals surface area contributed by atoms with Gasteiger partial charge in [0.2, 0.25) is 11.8 Å². The molecule has 3 amide bonds. The Balaban J connectivity index is 1.41. The van der Waals surface area contributed by atoms with Crippen LogP contribution in [0.3, 0.4) is 0 Å². The molecule has 214 valence electrons. The van der Waals surface area contributed by atoms with Crippen molar-refractivity contribution in [3.05, 3.63) is 64.4 Å². The Morgan fingerprint density at radius 3 is 2.77 bits per heavy atom. The van der Waals surface area contributed by atoms with Gasteiger partial charge in [-0.15, -0.1) is 0 Å².